The third-order valence-electron chi connectivity index (χ3n) is 4.67. The number of benzene rings is 2. The summed E-state index contributed by atoms with van der Waals surface area (Å²) in [5, 5.41) is 2.80. The average molecular weight is 240 g/mol. The molecule has 1 heteroatoms. The first kappa shape index (κ1) is 11.7. The van der Waals surface area contributed by atoms with Crippen LogP contribution in [0.5, 0.6) is 0 Å². The van der Waals surface area contributed by atoms with Gasteiger partial charge in [-0.15, -0.1) is 0 Å². The van der Waals surface area contributed by atoms with Gasteiger partial charge in [0.15, 0.2) is 0 Å². The monoisotopic (exact) mass is 240 g/mol. The Bertz CT molecular complexity index is 594. The van der Waals surface area contributed by atoms with Crippen molar-refractivity contribution in [3.8, 4) is 0 Å². The van der Waals surface area contributed by atoms with Gasteiger partial charge in [0.2, 0.25) is 0 Å². The lowest BCUT2D eigenvalue weighted by atomic mass is 10.0. The minimum atomic E-state index is 1.21. The summed E-state index contributed by atoms with van der Waals surface area (Å²) >= 11 is 0. The molecule has 0 amide bonds. The predicted molar refractivity (Wildman–Crippen MR) is 77.4 cm³/mol. The summed E-state index contributed by atoms with van der Waals surface area (Å²) in [5.74, 6) is 0. The summed E-state index contributed by atoms with van der Waals surface area (Å²) < 4.78 is 1.23. The summed E-state index contributed by atoms with van der Waals surface area (Å²) in [5.41, 5.74) is 4.49. The molecule has 1 aliphatic rings. The van der Waals surface area contributed by atoms with Crippen molar-refractivity contribution in [1.82, 2.24) is 0 Å². The van der Waals surface area contributed by atoms with Gasteiger partial charge in [-0.2, -0.15) is 0 Å². The number of quaternary nitrogens is 1. The van der Waals surface area contributed by atoms with Gasteiger partial charge in [0.05, 0.1) is 13.1 Å². The molecule has 0 saturated heterocycles. The van der Waals surface area contributed by atoms with Crippen molar-refractivity contribution >= 4 is 10.8 Å². The number of rotatable bonds is 2. The van der Waals surface area contributed by atoms with Crippen LogP contribution < -0.4 is 0 Å². The Morgan fingerprint density at radius 2 is 1.50 bits per heavy atom. The van der Waals surface area contributed by atoms with Crippen molar-refractivity contribution in [3.05, 3.63) is 47.0 Å². The quantitative estimate of drug-likeness (QED) is 0.696. The number of hydrogen-bond acceptors (Lipinski definition) is 0. The maximum absolute atomic E-state index is 2.42. The van der Waals surface area contributed by atoms with Crippen LogP contribution in [0, 0.1) is 6.92 Å². The highest BCUT2D eigenvalue weighted by Crippen LogP contribution is 2.33. The molecule has 1 aliphatic heterocycles. The van der Waals surface area contributed by atoms with Gasteiger partial charge in [0, 0.05) is 11.1 Å². The van der Waals surface area contributed by atoms with Gasteiger partial charge in [-0.05, 0) is 43.7 Å². The average Bonchev–Trinajstić information content (AvgIpc) is 2.74. The second-order valence-electron chi connectivity index (χ2n) is 5.76. The molecule has 0 fully saturated rings. The van der Waals surface area contributed by atoms with E-state index in [0.717, 1.165) is 0 Å². The maximum Gasteiger partial charge on any atom is 0.105 e. The zero-order chi connectivity index (χ0) is 12.8. The lowest BCUT2D eigenvalue weighted by molar-refractivity contribution is -0.944. The molecule has 2 aromatic carbocycles. The normalized spacial score (nSPS) is 17.1. The minimum Gasteiger partial charge on any atom is -0.317 e. The van der Waals surface area contributed by atoms with Crippen molar-refractivity contribution in [1.29, 1.82) is 0 Å². The van der Waals surface area contributed by atoms with E-state index in [1.807, 2.05) is 0 Å². The van der Waals surface area contributed by atoms with Crippen LogP contribution in [0.25, 0.3) is 10.8 Å². The fourth-order valence-electron chi connectivity index (χ4n) is 3.26. The molecule has 0 radical (unpaired) electrons. The number of fused-ring (bicyclic) bond motifs is 2. The summed E-state index contributed by atoms with van der Waals surface area (Å²) in [6.45, 7) is 11.7. The molecule has 94 valence electrons. The highest BCUT2D eigenvalue weighted by molar-refractivity contribution is 5.84. The standard InChI is InChI=1S/C17H22N/c1-4-18(5-2)11-16-9-14-7-6-13(3)8-15(14)10-17(16)12-18/h6-10H,4-5,11-12H2,1-3H3/q+1. The molecular formula is C17H22N+. The SMILES string of the molecule is CC[N+]1(CC)Cc2cc3ccc(C)cc3cc2C1. The first-order valence-electron chi connectivity index (χ1n) is 7.03. The van der Waals surface area contributed by atoms with E-state index in [9.17, 15) is 0 Å². The summed E-state index contributed by atoms with van der Waals surface area (Å²) in [7, 11) is 0. The third kappa shape index (κ3) is 1.74. The highest BCUT2D eigenvalue weighted by Gasteiger charge is 2.32. The van der Waals surface area contributed by atoms with Crippen molar-refractivity contribution in [2.45, 2.75) is 33.9 Å². The molecule has 2 aromatic rings. The van der Waals surface area contributed by atoms with E-state index >= 15 is 0 Å². The van der Waals surface area contributed by atoms with E-state index in [2.05, 4.69) is 51.1 Å². The molecule has 0 aliphatic carbocycles. The Kier molecular flexibility index (Phi) is 2.67. The van der Waals surface area contributed by atoms with E-state index < -0.39 is 0 Å². The van der Waals surface area contributed by atoms with Gasteiger partial charge in [-0.3, -0.25) is 0 Å². The van der Waals surface area contributed by atoms with E-state index in [4.69, 9.17) is 0 Å². The molecule has 0 spiro atoms. The van der Waals surface area contributed by atoms with Crippen molar-refractivity contribution < 1.29 is 4.48 Å². The fraction of sp³-hybridized carbons (Fsp3) is 0.412. The lowest BCUT2D eigenvalue weighted by Crippen LogP contribution is -2.42. The van der Waals surface area contributed by atoms with E-state index in [0.29, 0.717) is 0 Å². The molecule has 0 saturated carbocycles. The van der Waals surface area contributed by atoms with Crippen LogP contribution in [-0.4, -0.2) is 17.6 Å². The van der Waals surface area contributed by atoms with Gasteiger partial charge in [0.1, 0.15) is 13.1 Å². The molecule has 1 heterocycles. The molecule has 0 N–H and O–H groups in total. The van der Waals surface area contributed by atoms with Crippen LogP contribution in [-0.2, 0) is 13.1 Å². The van der Waals surface area contributed by atoms with Crippen LogP contribution >= 0.6 is 0 Å². The summed E-state index contributed by atoms with van der Waals surface area (Å²) in [6, 6.07) is 11.6. The van der Waals surface area contributed by atoms with Crippen LogP contribution in [0.4, 0.5) is 0 Å². The molecule has 0 bridgehead atoms. The molecule has 18 heavy (non-hydrogen) atoms. The van der Waals surface area contributed by atoms with Gasteiger partial charge < -0.3 is 4.48 Å². The van der Waals surface area contributed by atoms with Gasteiger partial charge >= 0.3 is 0 Å². The van der Waals surface area contributed by atoms with E-state index in [1.165, 1.54) is 47.0 Å². The molecule has 0 unspecified atom stereocenters. The smallest absolute Gasteiger partial charge is 0.105 e. The van der Waals surface area contributed by atoms with Crippen molar-refractivity contribution in [3.63, 3.8) is 0 Å². The first-order valence-corrected chi connectivity index (χ1v) is 7.03. The maximum atomic E-state index is 2.42. The van der Waals surface area contributed by atoms with E-state index in [-0.39, 0.29) is 0 Å². The van der Waals surface area contributed by atoms with Crippen LogP contribution in [0.3, 0.4) is 0 Å². The highest BCUT2D eigenvalue weighted by atomic mass is 15.4. The van der Waals surface area contributed by atoms with Gasteiger partial charge in [0.25, 0.3) is 0 Å². The Morgan fingerprint density at radius 1 is 0.889 bits per heavy atom. The Morgan fingerprint density at radius 3 is 2.11 bits per heavy atom. The number of hydrogen-bond donors (Lipinski definition) is 0. The largest absolute Gasteiger partial charge is 0.317 e. The van der Waals surface area contributed by atoms with Crippen molar-refractivity contribution in [2.75, 3.05) is 13.1 Å². The molecule has 3 rings (SSSR count). The second kappa shape index (κ2) is 4.10. The van der Waals surface area contributed by atoms with Crippen LogP contribution in [0.1, 0.15) is 30.5 Å². The Hall–Kier alpha value is -1.34. The zero-order valence-corrected chi connectivity index (χ0v) is 11.7. The Labute approximate surface area is 110 Å². The molecular weight excluding hydrogens is 218 g/mol. The van der Waals surface area contributed by atoms with Crippen LogP contribution in [0.2, 0.25) is 0 Å². The lowest BCUT2D eigenvalue weighted by Gasteiger charge is -2.31. The first-order chi connectivity index (χ1) is 8.65. The molecule has 0 aromatic heterocycles. The van der Waals surface area contributed by atoms with Gasteiger partial charge in [-0.1, -0.05) is 23.8 Å². The number of aryl methyl sites for hydroxylation is 1. The van der Waals surface area contributed by atoms with Crippen LogP contribution in [0.15, 0.2) is 30.3 Å². The predicted octanol–water partition coefficient (Wildman–Crippen LogP) is 4.02. The van der Waals surface area contributed by atoms with E-state index in [1.54, 1.807) is 11.1 Å². The van der Waals surface area contributed by atoms with Gasteiger partial charge in [-0.25, -0.2) is 0 Å². The zero-order valence-electron chi connectivity index (χ0n) is 11.7. The topological polar surface area (TPSA) is 0 Å². The molecule has 1 nitrogen and oxygen atoms in total. The summed E-state index contributed by atoms with van der Waals surface area (Å²) in [6.07, 6.45) is 0. The fourth-order valence-corrected chi connectivity index (χ4v) is 3.26. The Balaban J connectivity index is 2.11. The second-order valence-corrected chi connectivity index (χ2v) is 5.76. The minimum absolute atomic E-state index is 1.21. The van der Waals surface area contributed by atoms with Crippen molar-refractivity contribution in [2.24, 2.45) is 0 Å². The third-order valence-corrected chi connectivity index (χ3v) is 4.67. The summed E-state index contributed by atoms with van der Waals surface area (Å²) in [4.78, 5) is 0. The molecule has 0 atom stereocenters. The number of nitrogens with zero attached hydrogens (tertiary/aromatic N) is 1.